The van der Waals surface area contributed by atoms with Crippen LogP contribution in [0.4, 0.5) is 11.6 Å². The summed E-state index contributed by atoms with van der Waals surface area (Å²) in [6, 6.07) is 34.9. The number of nitrogens with one attached hydrogen (secondary N) is 2. The number of hydrogen-bond acceptors (Lipinski definition) is 15. The number of esters is 1. The number of carboxylic acid groups (broad SMARTS) is 1. The summed E-state index contributed by atoms with van der Waals surface area (Å²) in [6.45, 7) is 10.0. The first-order chi connectivity index (χ1) is 37.4. The van der Waals surface area contributed by atoms with Crippen molar-refractivity contribution in [2.24, 2.45) is 10.8 Å². The number of thiophene rings is 2. The monoisotopic (exact) mass is 1140 g/mol. The Morgan fingerprint density at radius 3 is 1.59 bits per heavy atom. The average molecular weight is 1140 g/mol. The largest absolute Gasteiger partial charge is 0.475 e. The SMILES string of the molecule is CC(C)(C)C(=O)n1nc(-c2ccc(C#Cc3ccccc3)c(=O)n2CC(=O)C(=O)O)cc1NCc1ccc(Cl)s1.COC(=O)C(=O)Cn1c(-c2cc(NCc3ccc(Cl)s3)n(C(=O)C(C)(C)C)n2)cc(-c2ccccc2)cc1=O. The second-order valence-electron chi connectivity index (χ2n) is 19.6. The first kappa shape index (κ1) is 58.2. The fourth-order valence-electron chi connectivity index (χ4n) is 7.48. The number of carboxylic acids is 1. The smallest absolute Gasteiger partial charge is 0.376 e. The molecule has 6 aromatic heterocycles. The van der Waals surface area contributed by atoms with Crippen molar-refractivity contribution in [3.63, 3.8) is 0 Å². The van der Waals surface area contributed by atoms with Crippen LogP contribution in [0.15, 0.2) is 131 Å². The van der Waals surface area contributed by atoms with Gasteiger partial charge < -0.3 is 20.5 Å². The van der Waals surface area contributed by atoms with Crippen molar-refractivity contribution in [2.45, 2.75) is 67.7 Å². The van der Waals surface area contributed by atoms with Gasteiger partial charge in [0.2, 0.25) is 0 Å². The lowest BCUT2D eigenvalue weighted by Gasteiger charge is -2.18. The fraction of sp³-hybridized carbons (Fsp3) is 0.228. The quantitative estimate of drug-likeness (QED) is 0.0492. The molecule has 0 radical (unpaired) electrons. The number of anilines is 2. The van der Waals surface area contributed by atoms with Gasteiger partial charge in [0.05, 0.1) is 58.9 Å². The van der Waals surface area contributed by atoms with Gasteiger partial charge in [0.15, 0.2) is 0 Å². The predicted octanol–water partition coefficient (Wildman–Crippen LogP) is 9.91. The van der Waals surface area contributed by atoms with Gasteiger partial charge in [-0.15, -0.1) is 22.7 Å². The van der Waals surface area contributed by atoms with E-state index < -0.39 is 58.5 Å². The van der Waals surface area contributed by atoms with E-state index >= 15 is 0 Å². The van der Waals surface area contributed by atoms with Crippen molar-refractivity contribution in [3.8, 4) is 45.7 Å². The molecule has 406 valence electrons. The Morgan fingerprint density at radius 1 is 0.608 bits per heavy atom. The summed E-state index contributed by atoms with van der Waals surface area (Å²) in [6.07, 6.45) is 0. The first-order valence-electron chi connectivity index (χ1n) is 24.2. The molecule has 0 atom stereocenters. The highest BCUT2D eigenvalue weighted by Crippen LogP contribution is 2.31. The Bertz CT molecular complexity index is 3810. The van der Waals surface area contributed by atoms with Crippen LogP contribution < -0.4 is 21.8 Å². The number of aliphatic carboxylic acids is 1. The highest BCUT2D eigenvalue weighted by molar-refractivity contribution is 7.16. The third-order valence-corrected chi connectivity index (χ3v) is 14.0. The van der Waals surface area contributed by atoms with E-state index in [1.807, 2.05) is 60.7 Å². The van der Waals surface area contributed by atoms with E-state index in [-0.39, 0.29) is 40.2 Å². The Hall–Kier alpha value is -8.48. The molecule has 8 aromatic rings. The molecule has 0 aliphatic heterocycles. The number of carbonyl (C=O) groups is 6. The Labute approximate surface area is 471 Å². The number of aromatic nitrogens is 6. The number of ketones is 2. The number of ether oxygens (including phenoxy) is 1. The maximum atomic E-state index is 13.4. The van der Waals surface area contributed by atoms with Gasteiger partial charge in [-0.1, -0.05) is 125 Å². The number of Topliss-reactive ketones (excluding diaryl/α,β-unsaturated/α-hetero) is 2. The van der Waals surface area contributed by atoms with E-state index in [0.717, 1.165) is 31.6 Å². The molecule has 0 aliphatic carbocycles. The molecule has 0 unspecified atom stereocenters. The van der Waals surface area contributed by atoms with Crippen molar-refractivity contribution >= 4 is 92.8 Å². The van der Waals surface area contributed by atoms with Crippen LogP contribution in [0.5, 0.6) is 0 Å². The van der Waals surface area contributed by atoms with Gasteiger partial charge in [0.25, 0.3) is 34.5 Å². The van der Waals surface area contributed by atoms with Crippen LogP contribution >= 0.6 is 45.9 Å². The average Bonchev–Trinajstić information content (AvgIpc) is 4.37. The number of rotatable bonds is 15. The summed E-state index contributed by atoms with van der Waals surface area (Å²) in [5.74, 6) is 1.04. The van der Waals surface area contributed by atoms with Crippen molar-refractivity contribution in [1.82, 2.24) is 28.7 Å². The lowest BCUT2D eigenvalue weighted by Crippen LogP contribution is -2.31. The van der Waals surface area contributed by atoms with Crippen molar-refractivity contribution < 1.29 is 38.6 Å². The van der Waals surface area contributed by atoms with Gasteiger partial charge in [0, 0.05) is 44.3 Å². The summed E-state index contributed by atoms with van der Waals surface area (Å²) in [7, 11) is 1.10. The molecule has 2 aromatic carbocycles. The Kier molecular flexibility index (Phi) is 18.3. The second kappa shape index (κ2) is 24.9. The molecule has 6 heterocycles. The second-order valence-corrected chi connectivity index (χ2v) is 23.2. The summed E-state index contributed by atoms with van der Waals surface area (Å²) < 4.78 is 10.5. The third-order valence-electron chi connectivity index (χ3n) is 11.5. The van der Waals surface area contributed by atoms with Crippen LogP contribution in [0.1, 0.15) is 72.0 Å². The topological polar surface area (TPSA) is 236 Å². The molecule has 0 saturated carbocycles. The summed E-state index contributed by atoms with van der Waals surface area (Å²) in [5.41, 5.74) is 0.295. The molecule has 0 saturated heterocycles. The molecule has 22 heteroatoms. The maximum Gasteiger partial charge on any atom is 0.376 e. The molecular weight excluding hydrogens is 1090 g/mol. The molecule has 0 fully saturated rings. The number of nitrogens with zero attached hydrogens (tertiary/aromatic N) is 6. The van der Waals surface area contributed by atoms with Gasteiger partial charge in [-0.2, -0.15) is 19.6 Å². The lowest BCUT2D eigenvalue weighted by molar-refractivity contribution is -0.151. The van der Waals surface area contributed by atoms with Crippen LogP contribution in [0, 0.1) is 22.7 Å². The van der Waals surface area contributed by atoms with E-state index in [0.29, 0.717) is 44.5 Å². The van der Waals surface area contributed by atoms with E-state index in [1.54, 1.807) is 84.0 Å². The molecule has 0 bridgehead atoms. The minimum Gasteiger partial charge on any atom is -0.475 e. The molecule has 79 heavy (non-hydrogen) atoms. The summed E-state index contributed by atoms with van der Waals surface area (Å²) >= 11 is 14.9. The van der Waals surface area contributed by atoms with Gasteiger partial charge >= 0.3 is 11.9 Å². The van der Waals surface area contributed by atoms with Gasteiger partial charge in [-0.25, -0.2) is 9.59 Å². The number of benzene rings is 2. The zero-order valence-corrected chi connectivity index (χ0v) is 46.9. The van der Waals surface area contributed by atoms with E-state index in [2.05, 4.69) is 37.4 Å². The number of hydrogen-bond donors (Lipinski definition) is 3. The van der Waals surface area contributed by atoms with Gasteiger partial charge in [-0.05, 0) is 65.7 Å². The minimum atomic E-state index is -1.68. The van der Waals surface area contributed by atoms with E-state index in [9.17, 15) is 43.5 Å². The molecule has 3 N–H and O–H groups in total. The molecule has 0 amide bonds. The zero-order valence-electron chi connectivity index (χ0n) is 43.8. The number of pyridine rings is 2. The standard InChI is InChI=1S/C29H25ClN4O5S.C28H27ClN4O5S/c1-29(2,3)28(39)34-25(31-16-20-12-14-24(30)40-20)15-21(32-34)22-13-11-19(10-9-18-7-5-4-6-8-18)26(36)33(22)17-23(35)27(37)38;1-28(2,3)27(37)33-24(30-15-19-10-11-23(29)39-19)14-20(31-33)21-12-18(17-8-6-5-7-9-17)13-25(35)32(21)16-22(34)26(36)38-4/h4-8,11-15,31H,16-17H2,1-3H3,(H,37,38);5-14,30H,15-16H2,1-4H3. The summed E-state index contributed by atoms with van der Waals surface area (Å²) in [4.78, 5) is 103. The van der Waals surface area contributed by atoms with Gasteiger partial charge in [0.1, 0.15) is 23.0 Å². The zero-order chi connectivity index (χ0) is 57.3. The summed E-state index contributed by atoms with van der Waals surface area (Å²) in [5, 5.41) is 24.7. The van der Waals surface area contributed by atoms with Crippen LogP contribution in [-0.4, -0.2) is 76.2 Å². The maximum absolute atomic E-state index is 13.4. The molecular formula is C57H52Cl2N8O10S2. The Morgan fingerprint density at radius 2 is 1.11 bits per heavy atom. The van der Waals surface area contributed by atoms with E-state index in [4.69, 9.17) is 23.2 Å². The van der Waals surface area contributed by atoms with Crippen LogP contribution in [0.3, 0.4) is 0 Å². The van der Waals surface area contributed by atoms with Crippen LogP contribution in [0.2, 0.25) is 8.67 Å². The predicted molar refractivity (Wildman–Crippen MR) is 305 cm³/mol. The van der Waals surface area contributed by atoms with Crippen molar-refractivity contribution in [3.05, 3.63) is 172 Å². The fourth-order valence-corrected chi connectivity index (χ4v) is 9.53. The lowest BCUT2D eigenvalue weighted by atomic mass is 9.96. The number of carbonyl (C=O) groups excluding carboxylic acids is 5. The first-order valence-corrected chi connectivity index (χ1v) is 26.6. The minimum absolute atomic E-state index is 0.0731. The Balaban J connectivity index is 0.000000229. The third kappa shape index (κ3) is 14.6. The normalized spacial score (nSPS) is 11.2. The van der Waals surface area contributed by atoms with Crippen LogP contribution in [0.25, 0.3) is 33.9 Å². The molecule has 18 nitrogen and oxygen atoms in total. The highest BCUT2D eigenvalue weighted by Gasteiger charge is 2.30. The molecule has 8 rings (SSSR count). The number of halogens is 2. The highest BCUT2D eigenvalue weighted by atomic mass is 35.5. The molecule has 0 aliphatic rings. The number of methoxy groups -OCH3 is 1. The van der Waals surface area contributed by atoms with Gasteiger partial charge in [-0.3, -0.25) is 37.9 Å². The van der Waals surface area contributed by atoms with Crippen molar-refractivity contribution in [1.29, 1.82) is 0 Å². The molecule has 0 spiro atoms. The van der Waals surface area contributed by atoms with Crippen molar-refractivity contribution in [2.75, 3.05) is 17.7 Å². The van der Waals surface area contributed by atoms with E-state index in [1.165, 1.54) is 50.2 Å². The van der Waals surface area contributed by atoms with Crippen LogP contribution in [-0.2, 0) is 50.1 Å².